The van der Waals surface area contributed by atoms with Crippen molar-refractivity contribution in [3.8, 4) is 0 Å². The lowest BCUT2D eigenvalue weighted by Crippen LogP contribution is -2.05. The van der Waals surface area contributed by atoms with Crippen molar-refractivity contribution >= 4 is 6.08 Å². The molecule has 2 rings (SSSR count). The highest BCUT2D eigenvalue weighted by molar-refractivity contribution is 5.54. The van der Waals surface area contributed by atoms with Gasteiger partial charge < -0.3 is 10.5 Å². The Hall–Kier alpha value is -1.12. The molecule has 2 atom stereocenters. The molecule has 1 aromatic carbocycles. The van der Waals surface area contributed by atoms with Crippen LogP contribution < -0.4 is 5.73 Å². The molecular formula is C14H19NO. The number of nitrogens with two attached hydrogens (primary N) is 1. The van der Waals surface area contributed by atoms with E-state index < -0.39 is 0 Å². The largest absolute Gasteiger partial charge is 0.384 e. The van der Waals surface area contributed by atoms with E-state index in [0.717, 1.165) is 19.4 Å². The van der Waals surface area contributed by atoms with Crippen LogP contribution in [0.25, 0.3) is 6.08 Å². The van der Waals surface area contributed by atoms with Crippen molar-refractivity contribution in [3.05, 3.63) is 41.5 Å². The fraction of sp³-hybridized carbons (Fsp3) is 0.429. The third-order valence-electron chi connectivity index (χ3n) is 3.06. The third kappa shape index (κ3) is 2.94. The fourth-order valence-corrected chi connectivity index (χ4v) is 1.99. The first-order valence-corrected chi connectivity index (χ1v) is 5.81. The molecule has 0 spiro atoms. The Morgan fingerprint density at radius 1 is 1.44 bits per heavy atom. The van der Waals surface area contributed by atoms with Crippen molar-refractivity contribution in [2.45, 2.75) is 18.9 Å². The maximum Gasteiger partial charge on any atom is 0.0499 e. The van der Waals surface area contributed by atoms with Gasteiger partial charge in [0.1, 0.15) is 0 Å². The molecule has 1 fully saturated rings. The van der Waals surface area contributed by atoms with Gasteiger partial charge in [0.2, 0.25) is 0 Å². The highest BCUT2D eigenvalue weighted by Crippen LogP contribution is 2.38. The van der Waals surface area contributed by atoms with E-state index in [1.165, 1.54) is 11.1 Å². The van der Waals surface area contributed by atoms with Gasteiger partial charge in [0.15, 0.2) is 0 Å². The van der Waals surface area contributed by atoms with E-state index in [2.05, 4.69) is 30.3 Å². The number of rotatable bonds is 5. The van der Waals surface area contributed by atoms with E-state index in [9.17, 15) is 0 Å². The molecule has 0 aliphatic heterocycles. The van der Waals surface area contributed by atoms with E-state index in [0.29, 0.717) is 12.0 Å². The molecule has 1 aliphatic rings. The topological polar surface area (TPSA) is 35.2 Å². The van der Waals surface area contributed by atoms with Crippen molar-refractivity contribution in [3.63, 3.8) is 0 Å². The van der Waals surface area contributed by atoms with Gasteiger partial charge in [0.25, 0.3) is 0 Å². The first-order valence-electron chi connectivity index (χ1n) is 5.81. The maximum absolute atomic E-state index is 5.91. The molecule has 1 aromatic rings. The molecule has 2 unspecified atom stereocenters. The molecule has 86 valence electrons. The monoisotopic (exact) mass is 217 g/mol. The number of hydrogen-bond donors (Lipinski definition) is 1. The van der Waals surface area contributed by atoms with Crippen molar-refractivity contribution in [1.82, 2.24) is 0 Å². The summed E-state index contributed by atoms with van der Waals surface area (Å²) in [6.07, 6.45) is 4.38. The molecule has 0 amide bonds. The quantitative estimate of drug-likeness (QED) is 0.822. The van der Waals surface area contributed by atoms with E-state index in [-0.39, 0.29) is 0 Å². The Bertz CT molecular complexity index is 358. The molecular weight excluding hydrogens is 198 g/mol. The summed E-state index contributed by atoms with van der Waals surface area (Å²) < 4.78 is 5.14. The van der Waals surface area contributed by atoms with Crippen molar-refractivity contribution in [1.29, 1.82) is 0 Å². The van der Waals surface area contributed by atoms with Gasteiger partial charge in [-0.3, -0.25) is 0 Å². The second-order valence-electron chi connectivity index (χ2n) is 4.38. The first-order chi connectivity index (χ1) is 7.81. The second kappa shape index (κ2) is 5.28. The van der Waals surface area contributed by atoms with E-state index in [4.69, 9.17) is 10.5 Å². The van der Waals surface area contributed by atoms with Crippen LogP contribution in [0.15, 0.2) is 35.9 Å². The van der Waals surface area contributed by atoms with Gasteiger partial charge in [-0.25, -0.2) is 0 Å². The molecule has 0 heterocycles. The van der Waals surface area contributed by atoms with Gasteiger partial charge in [-0.05, 0) is 24.3 Å². The van der Waals surface area contributed by atoms with Gasteiger partial charge in [0, 0.05) is 19.8 Å². The summed E-state index contributed by atoms with van der Waals surface area (Å²) >= 11 is 0. The van der Waals surface area contributed by atoms with Gasteiger partial charge in [-0.1, -0.05) is 42.0 Å². The van der Waals surface area contributed by atoms with E-state index >= 15 is 0 Å². The lowest BCUT2D eigenvalue weighted by Gasteiger charge is -2.06. The summed E-state index contributed by atoms with van der Waals surface area (Å²) in [4.78, 5) is 0. The summed E-state index contributed by atoms with van der Waals surface area (Å²) in [7, 11) is 1.74. The highest BCUT2D eigenvalue weighted by Gasteiger charge is 2.35. The number of hydrogen-bond acceptors (Lipinski definition) is 2. The molecule has 1 aliphatic carbocycles. The number of methoxy groups -OCH3 is 1. The number of ether oxygens (including phenoxy) is 1. The predicted molar refractivity (Wildman–Crippen MR) is 67.0 cm³/mol. The average Bonchev–Trinajstić information content (AvgIpc) is 3.03. The van der Waals surface area contributed by atoms with Crippen molar-refractivity contribution in [2.24, 2.45) is 11.7 Å². The van der Waals surface area contributed by atoms with Crippen molar-refractivity contribution < 1.29 is 4.74 Å². The van der Waals surface area contributed by atoms with Crippen LogP contribution in [0.4, 0.5) is 0 Å². The predicted octanol–water partition coefficient (Wildman–Crippen LogP) is 2.45. The smallest absolute Gasteiger partial charge is 0.0499 e. The zero-order chi connectivity index (χ0) is 11.4. The second-order valence-corrected chi connectivity index (χ2v) is 4.38. The molecule has 2 N–H and O–H groups in total. The van der Waals surface area contributed by atoms with Crippen LogP contribution in [0.5, 0.6) is 0 Å². The normalized spacial score (nSPS) is 24.5. The van der Waals surface area contributed by atoms with Crippen LogP contribution in [0.2, 0.25) is 0 Å². The van der Waals surface area contributed by atoms with Gasteiger partial charge >= 0.3 is 0 Å². The molecule has 2 nitrogen and oxygen atoms in total. The number of benzene rings is 1. The van der Waals surface area contributed by atoms with E-state index in [1.807, 2.05) is 6.07 Å². The van der Waals surface area contributed by atoms with Gasteiger partial charge in [0.05, 0.1) is 0 Å². The summed E-state index contributed by atoms with van der Waals surface area (Å²) in [5, 5.41) is 0. The maximum atomic E-state index is 5.91. The summed E-state index contributed by atoms with van der Waals surface area (Å²) in [6, 6.07) is 10.8. The van der Waals surface area contributed by atoms with Crippen LogP contribution in [0, 0.1) is 5.92 Å². The van der Waals surface area contributed by atoms with Crippen LogP contribution in [-0.4, -0.2) is 19.8 Å². The van der Waals surface area contributed by atoms with Gasteiger partial charge in [-0.2, -0.15) is 0 Å². The van der Waals surface area contributed by atoms with Crippen LogP contribution in [0.1, 0.15) is 18.4 Å². The van der Waals surface area contributed by atoms with E-state index in [1.54, 1.807) is 7.11 Å². The zero-order valence-corrected chi connectivity index (χ0v) is 9.73. The molecule has 0 aromatic heterocycles. The molecule has 0 saturated heterocycles. The van der Waals surface area contributed by atoms with Crippen LogP contribution in [0.3, 0.4) is 0 Å². The Morgan fingerprint density at radius 2 is 2.12 bits per heavy atom. The fourth-order valence-electron chi connectivity index (χ4n) is 1.99. The van der Waals surface area contributed by atoms with Crippen LogP contribution in [-0.2, 0) is 4.74 Å². The first kappa shape index (κ1) is 11.4. The Morgan fingerprint density at radius 3 is 2.69 bits per heavy atom. The molecule has 0 radical (unpaired) electrons. The van der Waals surface area contributed by atoms with Crippen molar-refractivity contribution in [2.75, 3.05) is 13.7 Å². The lowest BCUT2D eigenvalue weighted by molar-refractivity contribution is 0.201. The average molecular weight is 217 g/mol. The minimum atomic E-state index is 0.367. The SMILES string of the molecule is COCC/C(=C\c1ccccc1)C1CC1N. The Labute approximate surface area is 97.1 Å². The molecule has 16 heavy (non-hydrogen) atoms. The molecule has 1 saturated carbocycles. The van der Waals surface area contributed by atoms with Gasteiger partial charge in [-0.15, -0.1) is 0 Å². The Kier molecular flexibility index (Phi) is 3.75. The Balaban J connectivity index is 2.08. The zero-order valence-electron chi connectivity index (χ0n) is 9.73. The summed E-state index contributed by atoms with van der Waals surface area (Å²) in [5.41, 5.74) is 8.60. The standard InChI is InChI=1S/C14H19NO/c1-16-8-7-12(13-10-14(13)15)9-11-5-3-2-4-6-11/h2-6,9,13-14H,7-8,10,15H2,1H3/b12-9+. The summed E-state index contributed by atoms with van der Waals surface area (Å²) in [6.45, 7) is 0.780. The third-order valence-corrected chi connectivity index (χ3v) is 3.06. The lowest BCUT2D eigenvalue weighted by atomic mass is 10.0. The molecule has 2 heteroatoms. The highest BCUT2D eigenvalue weighted by atomic mass is 16.5. The molecule has 0 bridgehead atoms. The van der Waals surface area contributed by atoms with Crippen LogP contribution >= 0.6 is 0 Å². The minimum absolute atomic E-state index is 0.367. The minimum Gasteiger partial charge on any atom is -0.384 e. The summed E-state index contributed by atoms with van der Waals surface area (Å²) in [5.74, 6) is 0.579.